The zero-order chi connectivity index (χ0) is 60.8. The normalized spacial score (nSPS) is 19.2. The number of benzene rings is 2. The minimum absolute atomic E-state index is 0.0545. The third kappa shape index (κ3) is 29.7. The summed E-state index contributed by atoms with van der Waals surface area (Å²) in [5, 5.41) is 3.02. The second kappa shape index (κ2) is 41.6. The number of ether oxygens (including phenoxy) is 7. The third-order valence-corrected chi connectivity index (χ3v) is 17.0. The molecule has 0 bridgehead atoms. The summed E-state index contributed by atoms with van der Waals surface area (Å²) < 4.78 is 92.8. The van der Waals surface area contributed by atoms with Gasteiger partial charge in [0.15, 0.2) is 34.4 Å². The molecule has 2 aromatic carbocycles. The summed E-state index contributed by atoms with van der Waals surface area (Å²) in [6.45, 7) is 18.9. The highest BCUT2D eigenvalue weighted by atomic mass is 32.3. The Morgan fingerprint density at radius 3 is 1.27 bits per heavy atom. The zero-order valence-corrected chi connectivity index (χ0v) is 56.3. The molecule has 1 aliphatic rings. The molecule has 83 heavy (non-hydrogen) atoms. The second-order valence-electron chi connectivity index (χ2n) is 24.3. The quantitative estimate of drug-likeness (QED) is 0.0276. The third-order valence-electron chi connectivity index (χ3n) is 15.7. The summed E-state index contributed by atoms with van der Waals surface area (Å²) in [4.78, 5) is 29.8. The van der Waals surface area contributed by atoms with Crippen LogP contribution in [0.4, 0.5) is 0 Å². The van der Waals surface area contributed by atoms with Gasteiger partial charge < -0.3 is 42.9 Å². The predicted molar refractivity (Wildman–Crippen MR) is 337 cm³/mol. The molecule has 478 valence electrons. The van der Waals surface area contributed by atoms with E-state index in [4.69, 9.17) is 41.8 Å². The first kappa shape index (κ1) is 73.8. The number of amides is 1. The maximum Gasteiger partial charge on any atom is 0.397 e. The van der Waals surface area contributed by atoms with Crippen molar-refractivity contribution in [2.75, 3.05) is 33.0 Å². The first-order valence-electron chi connectivity index (χ1n) is 32.7. The van der Waals surface area contributed by atoms with Crippen molar-refractivity contribution in [3.8, 4) is 23.0 Å². The molecule has 2 N–H and O–H groups in total. The molecule has 1 saturated heterocycles. The van der Waals surface area contributed by atoms with Gasteiger partial charge in [-0.05, 0) is 96.7 Å². The van der Waals surface area contributed by atoms with Gasteiger partial charge in [-0.1, -0.05) is 207 Å². The first-order chi connectivity index (χ1) is 39.8. The summed E-state index contributed by atoms with van der Waals surface area (Å²) in [7, 11) is -5.22. The van der Waals surface area contributed by atoms with E-state index in [-0.39, 0.29) is 28.2 Å². The van der Waals surface area contributed by atoms with Crippen LogP contribution in [-0.2, 0) is 33.2 Å². The fourth-order valence-electron chi connectivity index (χ4n) is 10.7. The molecule has 15 nitrogen and oxygen atoms in total. The Hall–Kier alpha value is -3.45. The molecule has 0 spiro atoms. The van der Waals surface area contributed by atoms with E-state index in [1.54, 1.807) is 43.3 Å². The molecule has 0 aromatic heterocycles. The van der Waals surface area contributed by atoms with Crippen LogP contribution in [0.15, 0.2) is 36.4 Å². The Bertz CT molecular complexity index is 2170. The number of hydrogen-bond donors (Lipinski definition) is 2. The van der Waals surface area contributed by atoms with Crippen LogP contribution in [-0.4, -0.2) is 104 Å². The standard InChI is InChI=1S/C66H115NO14SSi/c1-10-14-18-22-26-30-34-38-46-73-55-44-42-53(50-57(55)75-48-40-36-32-28-24-20-16-12-3)61(68)67-63-65(8,60(80-82(70,71)72)59(52-77-64(5,6)7)78-66(63,9)81-83)79-62(69)54-43-45-56(74-47-39-35-31-27-23-19-15-11-2)58(51-54)76-49-41-37-33-29-25-21-17-13-4/h42-45,50-51,59-60,63H,10-41,46-49,52H2,1-9,83H3,(H,67,68)(H,70,71,72)/t59-,60-,63-,65+,66?/m1/s1. The number of carbonyl (C=O) groups excluding carboxylic acids is 2. The van der Waals surface area contributed by atoms with Gasteiger partial charge in [-0.15, -0.1) is 0 Å². The van der Waals surface area contributed by atoms with E-state index < -0.39 is 57.5 Å². The van der Waals surface area contributed by atoms with Gasteiger partial charge in [0.2, 0.25) is 0 Å². The van der Waals surface area contributed by atoms with Crippen LogP contribution >= 0.6 is 0 Å². The lowest BCUT2D eigenvalue weighted by Crippen LogP contribution is -2.77. The Morgan fingerprint density at radius 2 is 0.904 bits per heavy atom. The highest BCUT2D eigenvalue weighted by Crippen LogP contribution is 2.43. The highest BCUT2D eigenvalue weighted by Gasteiger charge is 2.64. The van der Waals surface area contributed by atoms with E-state index in [2.05, 4.69) is 33.0 Å². The van der Waals surface area contributed by atoms with Crippen molar-refractivity contribution < 1.29 is 64.3 Å². The predicted octanol–water partition coefficient (Wildman–Crippen LogP) is 15.9. The number of esters is 1. The van der Waals surface area contributed by atoms with Gasteiger partial charge >= 0.3 is 16.4 Å². The van der Waals surface area contributed by atoms with Crippen molar-refractivity contribution in [2.24, 2.45) is 0 Å². The largest absolute Gasteiger partial charge is 0.490 e. The van der Waals surface area contributed by atoms with Crippen LogP contribution in [0.3, 0.4) is 0 Å². The summed E-state index contributed by atoms with van der Waals surface area (Å²) >= 11 is 0. The fourth-order valence-corrected chi connectivity index (χ4v) is 11.6. The Morgan fingerprint density at radius 1 is 0.554 bits per heavy atom. The average molecular weight is 1210 g/mol. The minimum atomic E-state index is -5.27. The van der Waals surface area contributed by atoms with Gasteiger partial charge in [0, 0.05) is 5.56 Å². The highest BCUT2D eigenvalue weighted by molar-refractivity contribution is 7.80. The van der Waals surface area contributed by atoms with E-state index in [0.717, 1.165) is 77.0 Å². The molecule has 0 saturated carbocycles. The molecule has 1 heterocycles. The Balaban J connectivity index is 2.03. The Labute approximate surface area is 506 Å². The molecule has 17 heteroatoms. The second-order valence-corrected chi connectivity index (χ2v) is 25.8. The van der Waals surface area contributed by atoms with Crippen molar-refractivity contribution >= 4 is 32.8 Å². The number of hydrogen-bond acceptors (Lipinski definition) is 13. The summed E-state index contributed by atoms with van der Waals surface area (Å²) in [6.07, 6.45) is 33.5. The first-order valence-corrected chi connectivity index (χ1v) is 34.9. The van der Waals surface area contributed by atoms with Crippen LogP contribution in [0.25, 0.3) is 0 Å². The zero-order valence-electron chi connectivity index (χ0n) is 53.5. The van der Waals surface area contributed by atoms with E-state index in [1.807, 2.05) is 20.8 Å². The number of nitrogens with one attached hydrogen (secondary N) is 1. The monoisotopic (exact) mass is 1210 g/mol. The topological polar surface area (TPSA) is 184 Å². The van der Waals surface area contributed by atoms with Crippen molar-refractivity contribution in [1.29, 1.82) is 0 Å². The van der Waals surface area contributed by atoms with Gasteiger partial charge in [-0.25, -0.2) is 8.98 Å². The van der Waals surface area contributed by atoms with E-state index in [9.17, 15) is 22.6 Å². The fraction of sp³-hybridized carbons (Fsp3) is 0.788. The molecule has 1 fully saturated rings. The summed E-state index contributed by atoms with van der Waals surface area (Å²) in [6, 6.07) is 8.35. The maximum atomic E-state index is 14.9. The van der Waals surface area contributed by atoms with Crippen molar-refractivity contribution in [2.45, 2.75) is 303 Å². The number of unbranched alkanes of at least 4 members (excludes halogenated alkanes) is 28. The average Bonchev–Trinajstić information content (AvgIpc) is 1.29. The van der Waals surface area contributed by atoms with Crippen LogP contribution in [0.5, 0.6) is 23.0 Å². The van der Waals surface area contributed by atoms with Crippen LogP contribution in [0, 0.1) is 0 Å². The van der Waals surface area contributed by atoms with Gasteiger partial charge in [0.05, 0.1) is 44.2 Å². The lowest BCUT2D eigenvalue weighted by atomic mass is 9.79. The van der Waals surface area contributed by atoms with Gasteiger partial charge in [0.25, 0.3) is 5.91 Å². The molecule has 2 aromatic rings. The van der Waals surface area contributed by atoms with Crippen LogP contribution in [0.1, 0.15) is 288 Å². The molecular weight excluding hydrogens is 1090 g/mol. The molecule has 5 atom stereocenters. The van der Waals surface area contributed by atoms with E-state index in [0.29, 0.717) is 49.4 Å². The van der Waals surface area contributed by atoms with Gasteiger partial charge in [-0.2, -0.15) is 8.42 Å². The van der Waals surface area contributed by atoms with Gasteiger partial charge in [0.1, 0.15) is 28.7 Å². The summed E-state index contributed by atoms with van der Waals surface area (Å²) in [5.74, 6) is -1.52. The summed E-state index contributed by atoms with van der Waals surface area (Å²) in [5.41, 5.74) is -2.64. The van der Waals surface area contributed by atoms with E-state index in [1.165, 1.54) is 135 Å². The van der Waals surface area contributed by atoms with Gasteiger partial charge in [-0.3, -0.25) is 9.35 Å². The van der Waals surface area contributed by atoms with Crippen LogP contribution in [0.2, 0.25) is 0 Å². The van der Waals surface area contributed by atoms with Crippen molar-refractivity contribution in [3.63, 3.8) is 0 Å². The molecule has 1 amide bonds. The molecule has 1 unspecified atom stereocenters. The number of carbonyl (C=O) groups is 2. The number of rotatable bonds is 49. The molecular formula is C66H115NO14SSi. The molecule has 0 aliphatic carbocycles. The van der Waals surface area contributed by atoms with Crippen molar-refractivity contribution in [3.05, 3.63) is 47.5 Å². The molecule has 1 aliphatic heterocycles. The SMILES string of the molecule is CCCCCCCCCCOc1ccc(C(=O)N[C@H]2C(C)(O[SiH3])O[C@H](COC(C)(C)C)[C@@H](OS(=O)(=O)O)[C@]2(C)OC(=O)c2ccc(OCCCCCCCCCC)c(OCCCCCCCCCC)c2)cc1OCCCCCCCCCC. The lowest BCUT2D eigenvalue weighted by Gasteiger charge is -2.55. The maximum absolute atomic E-state index is 14.9. The smallest absolute Gasteiger partial charge is 0.397 e. The molecule has 3 rings (SSSR count). The van der Waals surface area contributed by atoms with E-state index >= 15 is 0 Å². The van der Waals surface area contributed by atoms with Crippen LogP contribution < -0.4 is 24.3 Å². The molecule has 0 radical (unpaired) electrons. The minimum Gasteiger partial charge on any atom is -0.490 e. The van der Waals surface area contributed by atoms with Crippen molar-refractivity contribution in [1.82, 2.24) is 5.32 Å². The lowest BCUT2D eigenvalue weighted by molar-refractivity contribution is -0.320. The Kier molecular flexibility index (Phi) is 37.0.